The lowest BCUT2D eigenvalue weighted by atomic mass is 10.1. The minimum absolute atomic E-state index is 0.258. The molecule has 0 saturated heterocycles. The lowest BCUT2D eigenvalue weighted by Gasteiger charge is -2.07. The molecule has 18 heavy (non-hydrogen) atoms. The molecular formula is C12H15F2N3O. The number of hydrogen-bond donors (Lipinski definition) is 1. The molecule has 2 rings (SSSR count). The smallest absolute Gasteiger partial charge is 0.319 e. The van der Waals surface area contributed by atoms with E-state index in [0.29, 0.717) is 6.42 Å². The van der Waals surface area contributed by atoms with Crippen molar-refractivity contribution in [2.24, 2.45) is 0 Å². The summed E-state index contributed by atoms with van der Waals surface area (Å²) in [7, 11) is 0. The van der Waals surface area contributed by atoms with Crippen molar-refractivity contribution < 1.29 is 13.9 Å². The second-order valence-electron chi connectivity index (χ2n) is 4.07. The van der Waals surface area contributed by atoms with Gasteiger partial charge in [-0.1, -0.05) is 6.92 Å². The highest BCUT2D eigenvalue weighted by atomic mass is 19.3. The van der Waals surface area contributed by atoms with Crippen molar-refractivity contribution in [1.82, 2.24) is 14.1 Å². The zero-order chi connectivity index (χ0) is 13.1. The average Bonchev–Trinajstić information content (AvgIpc) is 2.97. The van der Waals surface area contributed by atoms with E-state index in [4.69, 9.17) is 0 Å². The van der Waals surface area contributed by atoms with Gasteiger partial charge in [0.15, 0.2) is 0 Å². The van der Waals surface area contributed by atoms with E-state index in [-0.39, 0.29) is 12.4 Å². The Kier molecular flexibility index (Phi) is 3.76. The Hall–Kier alpha value is -1.69. The number of hydrogen-bond acceptors (Lipinski definition) is 2. The Morgan fingerprint density at radius 3 is 2.83 bits per heavy atom. The van der Waals surface area contributed by atoms with Crippen molar-refractivity contribution in [3.05, 3.63) is 42.2 Å². The van der Waals surface area contributed by atoms with Gasteiger partial charge in [-0.05, 0) is 18.1 Å². The van der Waals surface area contributed by atoms with Gasteiger partial charge in [0.05, 0.1) is 12.6 Å². The van der Waals surface area contributed by atoms with Gasteiger partial charge in [0.25, 0.3) is 0 Å². The van der Waals surface area contributed by atoms with E-state index < -0.39 is 12.7 Å². The number of imidazole rings is 1. The fourth-order valence-electron chi connectivity index (χ4n) is 1.80. The number of rotatable bonds is 5. The van der Waals surface area contributed by atoms with E-state index in [9.17, 15) is 13.9 Å². The number of alkyl halides is 2. The monoisotopic (exact) mass is 255 g/mol. The maximum atomic E-state index is 12.6. The van der Waals surface area contributed by atoms with Crippen molar-refractivity contribution >= 4 is 0 Å². The second-order valence-corrected chi connectivity index (χ2v) is 4.07. The highest BCUT2D eigenvalue weighted by Crippen LogP contribution is 2.18. The van der Waals surface area contributed by atoms with Crippen LogP contribution in [0.25, 0.3) is 0 Å². The molecule has 6 heteroatoms. The van der Waals surface area contributed by atoms with Crippen LogP contribution in [0.2, 0.25) is 0 Å². The molecule has 2 heterocycles. The van der Waals surface area contributed by atoms with Gasteiger partial charge in [0, 0.05) is 24.8 Å². The first-order chi connectivity index (χ1) is 8.61. The maximum Gasteiger partial charge on any atom is 0.319 e. The summed E-state index contributed by atoms with van der Waals surface area (Å²) in [6.07, 6.45) is 6.21. The van der Waals surface area contributed by atoms with Crippen LogP contribution in [0.1, 0.15) is 37.4 Å². The molecule has 2 aromatic heterocycles. The molecule has 1 atom stereocenters. The van der Waals surface area contributed by atoms with Crippen LogP contribution in [0.3, 0.4) is 0 Å². The van der Waals surface area contributed by atoms with Crippen LogP contribution in [0.5, 0.6) is 0 Å². The molecule has 0 amide bonds. The van der Waals surface area contributed by atoms with Crippen molar-refractivity contribution in [3.63, 3.8) is 0 Å². The fourth-order valence-corrected chi connectivity index (χ4v) is 1.80. The first-order valence-corrected chi connectivity index (χ1v) is 5.75. The van der Waals surface area contributed by atoms with Gasteiger partial charge in [0.1, 0.15) is 5.82 Å². The molecule has 4 nitrogen and oxygen atoms in total. The lowest BCUT2D eigenvalue weighted by molar-refractivity contribution is 0.0667. The number of halogens is 2. The zero-order valence-electron chi connectivity index (χ0n) is 10.0. The van der Waals surface area contributed by atoms with Crippen molar-refractivity contribution in [1.29, 1.82) is 0 Å². The van der Waals surface area contributed by atoms with E-state index in [1.54, 1.807) is 23.0 Å². The Balaban J connectivity index is 2.14. The molecule has 0 aromatic carbocycles. The van der Waals surface area contributed by atoms with E-state index >= 15 is 0 Å². The van der Waals surface area contributed by atoms with Gasteiger partial charge in [-0.25, -0.2) is 4.98 Å². The minimum atomic E-state index is -2.58. The molecule has 98 valence electrons. The summed E-state index contributed by atoms with van der Waals surface area (Å²) in [6.45, 7) is -0.446. The van der Waals surface area contributed by atoms with Crippen molar-refractivity contribution in [2.45, 2.75) is 32.5 Å². The van der Waals surface area contributed by atoms with Crippen LogP contribution in [0.4, 0.5) is 8.78 Å². The van der Waals surface area contributed by atoms with Crippen LogP contribution in [0.15, 0.2) is 30.9 Å². The van der Waals surface area contributed by atoms with E-state index in [1.165, 1.54) is 12.4 Å². The predicted molar refractivity (Wildman–Crippen MR) is 62.3 cm³/mol. The summed E-state index contributed by atoms with van der Waals surface area (Å²) in [5.41, 5.74) is 0.785. The second kappa shape index (κ2) is 5.30. The van der Waals surface area contributed by atoms with Gasteiger partial charge in [0.2, 0.25) is 0 Å². The van der Waals surface area contributed by atoms with Crippen LogP contribution in [0, 0.1) is 0 Å². The topological polar surface area (TPSA) is 43.0 Å². The molecule has 0 aliphatic heterocycles. The highest BCUT2D eigenvalue weighted by molar-refractivity contribution is 5.14. The van der Waals surface area contributed by atoms with E-state index in [2.05, 4.69) is 4.98 Å². The van der Waals surface area contributed by atoms with Gasteiger partial charge in [-0.15, -0.1) is 0 Å². The normalized spacial score (nSPS) is 13.2. The third-order valence-electron chi connectivity index (χ3n) is 2.83. The Morgan fingerprint density at radius 1 is 1.39 bits per heavy atom. The molecule has 0 bridgehead atoms. The molecule has 2 aromatic rings. The van der Waals surface area contributed by atoms with E-state index in [0.717, 1.165) is 10.1 Å². The van der Waals surface area contributed by atoms with Crippen LogP contribution in [-0.4, -0.2) is 19.2 Å². The summed E-state index contributed by atoms with van der Waals surface area (Å²) < 4.78 is 27.8. The van der Waals surface area contributed by atoms with Crippen LogP contribution >= 0.6 is 0 Å². The van der Waals surface area contributed by atoms with Crippen LogP contribution < -0.4 is 0 Å². The summed E-state index contributed by atoms with van der Waals surface area (Å²) >= 11 is 0. The molecule has 0 saturated carbocycles. The standard InChI is InChI=1S/C12H15F2N3O/c1-2-10(18)9-3-5-16(7-9)8-11-15-4-6-17(11)12(13)14/h3-7,10,12,18H,2,8H2,1H3. The Labute approximate surface area is 103 Å². The van der Waals surface area contributed by atoms with Crippen molar-refractivity contribution in [3.8, 4) is 0 Å². The molecule has 1 N–H and O–H groups in total. The Morgan fingerprint density at radius 2 is 2.17 bits per heavy atom. The molecule has 0 fully saturated rings. The summed E-state index contributed by atoms with van der Waals surface area (Å²) in [5, 5.41) is 9.66. The van der Waals surface area contributed by atoms with Crippen LogP contribution in [-0.2, 0) is 6.54 Å². The molecule has 0 spiro atoms. The molecule has 1 unspecified atom stereocenters. The fraction of sp³-hybridized carbons (Fsp3) is 0.417. The van der Waals surface area contributed by atoms with E-state index in [1.807, 2.05) is 6.92 Å². The van der Waals surface area contributed by atoms with Gasteiger partial charge < -0.3 is 9.67 Å². The molecule has 0 aliphatic carbocycles. The lowest BCUT2D eigenvalue weighted by Crippen LogP contribution is -2.07. The zero-order valence-corrected chi connectivity index (χ0v) is 10.0. The highest BCUT2D eigenvalue weighted by Gasteiger charge is 2.12. The molecule has 0 aliphatic rings. The van der Waals surface area contributed by atoms with Gasteiger partial charge in [-0.3, -0.25) is 4.57 Å². The largest absolute Gasteiger partial charge is 0.388 e. The minimum Gasteiger partial charge on any atom is -0.388 e. The molecule has 0 radical (unpaired) electrons. The van der Waals surface area contributed by atoms with Gasteiger partial charge >= 0.3 is 6.55 Å². The van der Waals surface area contributed by atoms with Gasteiger partial charge in [-0.2, -0.15) is 8.78 Å². The maximum absolute atomic E-state index is 12.6. The first kappa shape index (κ1) is 12.8. The third kappa shape index (κ3) is 2.59. The number of aromatic nitrogens is 3. The summed E-state index contributed by atoms with van der Waals surface area (Å²) in [6, 6.07) is 1.78. The quantitative estimate of drug-likeness (QED) is 0.892. The number of nitrogens with zero attached hydrogens (tertiary/aromatic N) is 3. The summed E-state index contributed by atoms with van der Waals surface area (Å²) in [4.78, 5) is 3.91. The molecular weight excluding hydrogens is 240 g/mol. The van der Waals surface area contributed by atoms with Crippen molar-refractivity contribution in [2.75, 3.05) is 0 Å². The average molecular weight is 255 g/mol. The SMILES string of the molecule is CCC(O)c1ccn(Cc2nccn2C(F)F)c1. The number of aliphatic hydroxyl groups is 1. The Bertz CT molecular complexity index is 507. The summed E-state index contributed by atoms with van der Waals surface area (Å²) in [5.74, 6) is 0.290. The number of aliphatic hydroxyl groups excluding tert-OH is 1. The third-order valence-corrected chi connectivity index (χ3v) is 2.83. The first-order valence-electron chi connectivity index (χ1n) is 5.75. The predicted octanol–water partition coefficient (Wildman–Crippen LogP) is 2.57.